The van der Waals surface area contributed by atoms with Gasteiger partial charge in [-0.2, -0.15) is 0 Å². The standard InChI is InChI=1S/C5H5.Li.Ti.4H/c1-2-4-5-3-1;;;;;;/h1-3H,4H2;;;;;;/q;+1;+3;4*-1. The third kappa shape index (κ3) is 2.57. The van der Waals surface area contributed by atoms with Gasteiger partial charge in [0.1, 0.15) is 0 Å². The van der Waals surface area contributed by atoms with E-state index in [1.165, 1.54) is 10.3 Å². The average Bonchev–Trinajstić information content (AvgIpc) is 1.86. The number of hydrogen-bond acceptors (Lipinski definition) is 0. The van der Waals surface area contributed by atoms with Crippen LogP contribution in [0.3, 0.4) is 0 Å². The van der Waals surface area contributed by atoms with Gasteiger partial charge in [0.05, 0.1) is 0 Å². The summed E-state index contributed by atoms with van der Waals surface area (Å²) >= 11 is 2.14. The van der Waals surface area contributed by atoms with Crippen LogP contribution in [0.2, 0.25) is 0 Å². The summed E-state index contributed by atoms with van der Waals surface area (Å²) < 4.78 is 1.47. The van der Waals surface area contributed by atoms with E-state index in [-0.39, 0.29) is 24.6 Å². The fraction of sp³-hybridized carbons (Fsp3) is 0.200. The van der Waals surface area contributed by atoms with Crippen molar-refractivity contribution in [3.8, 4) is 0 Å². The molecule has 1 aliphatic carbocycles. The molecular formula is C5H9LiTi. The molecule has 0 spiro atoms. The van der Waals surface area contributed by atoms with Crippen molar-refractivity contribution in [2.45, 2.75) is 6.42 Å². The van der Waals surface area contributed by atoms with Crippen molar-refractivity contribution in [2.24, 2.45) is 0 Å². The Bertz CT molecular complexity index is 115. The van der Waals surface area contributed by atoms with Gasteiger partial charge in [-0.05, 0) is 0 Å². The Balaban J connectivity index is -0.0000000240. The molecule has 0 atom stereocenters. The molecule has 0 radical (unpaired) electrons. The first-order chi connectivity index (χ1) is 2.89. The van der Waals surface area contributed by atoms with Crippen LogP contribution in [0.4, 0.5) is 0 Å². The van der Waals surface area contributed by atoms with Crippen LogP contribution in [0.1, 0.15) is 12.1 Å². The van der Waals surface area contributed by atoms with E-state index < -0.39 is 0 Å². The normalized spacial score (nSPS) is 16.0. The molecule has 1 rings (SSSR count). The summed E-state index contributed by atoms with van der Waals surface area (Å²) in [6.45, 7) is 0. The van der Waals surface area contributed by atoms with E-state index in [1.807, 2.05) is 0 Å². The van der Waals surface area contributed by atoms with Crippen molar-refractivity contribution in [1.29, 1.82) is 0 Å². The van der Waals surface area contributed by atoms with Gasteiger partial charge in [-0.3, -0.25) is 0 Å². The minimum absolute atomic E-state index is 0. The van der Waals surface area contributed by atoms with Crippen molar-refractivity contribution in [1.82, 2.24) is 0 Å². The molecule has 7 heavy (non-hydrogen) atoms. The molecule has 2 heteroatoms. The summed E-state index contributed by atoms with van der Waals surface area (Å²) in [5.74, 6) is 0. The minimum atomic E-state index is 0. The van der Waals surface area contributed by atoms with Crippen molar-refractivity contribution in [3.05, 3.63) is 22.1 Å². The van der Waals surface area contributed by atoms with Crippen molar-refractivity contribution in [2.75, 3.05) is 0 Å². The third-order valence-corrected chi connectivity index (χ3v) is 1.35. The fourth-order valence-electron chi connectivity index (χ4n) is 0.447. The van der Waals surface area contributed by atoms with Gasteiger partial charge in [-0.1, -0.05) is 0 Å². The molecule has 0 aromatic carbocycles. The number of hydrogen-bond donors (Lipinski definition) is 0. The predicted octanol–water partition coefficient (Wildman–Crippen LogP) is -1.17. The van der Waals surface area contributed by atoms with Gasteiger partial charge in [0.2, 0.25) is 0 Å². The molecule has 0 nitrogen and oxygen atoms in total. The molecule has 0 aromatic heterocycles. The van der Waals surface area contributed by atoms with Crippen LogP contribution in [0.5, 0.6) is 0 Å². The maximum absolute atomic E-state index is 2.16. The van der Waals surface area contributed by atoms with Crippen LogP contribution >= 0.6 is 0 Å². The molecule has 0 unspecified atom stereocenters. The van der Waals surface area contributed by atoms with Crippen LogP contribution in [0.15, 0.2) is 22.1 Å². The van der Waals surface area contributed by atoms with E-state index >= 15 is 0 Å². The molecule has 0 saturated carbocycles. The average molecular weight is 124 g/mol. The zero-order valence-corrected chi connectivity index (χ0v) is 6.00. The van der Waals surface area contributed by atoms with Crippen molar-refractivity contribution >= 4 is 0 Å². The molecule has 1 aliphatic rings. The topological polar surface area (TPSA) is 0 Å². The van der Waals surface area contributed by atoms with Gasteiger partial charge < -0.3 is 5.71 Å². The molecule has 0 heterocycles. The quantitative estimate of drug-likeness (QED) is 0.357. The van der Waals surface area contributed by atoms with E-state index in [0.29, 0.717) is 0 Å². The van der Waals surface area contributed by atoms with Crippen LogP contribution in [0.25, 0.3) is 0 Å². The van der Waals surface area contributed by atoms with Crippen LogP contribution in [-0.2, 0) is 20.4 Å². The molecular weight excluding hydrogens is 115 g/mol. The Kier molecular flexibility index (Phi) is 4.18. The Morgan fingerprint density at radius 3 is 2.57 bits per heavy atom. The Morgan fingerprint density at radius 1 is 1.71 bits per heavy atom. The van der Waals surface area contributed by atoms with Crippen LogP contribution in [-0.4, -0.2) is 0 Å². The van der Waals surface area contributed by atoms with E-state index in [0.717, 1.165) is 0 Å². The van der Waals surface area contributed by atoms with E-state index in [1.54, 1.807) is 0 Å². The summed E-state index contributed by atoms with van der Waals surface area (Å²) in [4.78, 5) is 0. The SMILES string of the molecule is [H-].[H-].[H-].[H-].[Li+].[Ti+3][C]1=CC=CC1. The predicted molar refractivity (Wildman–Crippen MR) is 26.3 cm³/mol. The number of rotatable bonds is 0. The van der Waals surface area contributed by atoms with Gasteiger partial charge in [0.25, 0.3) is 0 Å². The summed E-state index contributed by atoms with van der Waals surface area (Å²) in [7, 11) is 0. The van der Waals surface area contributed by atoms with Gasteiger partial charge in [0, 0.05) is 0 Å². The van der Waals surface area contributed by atoms with Crippen molar-refractivity contribution < 1.29 is 45.0 Å². The second-order valence-corrected chi connectivity index (χ2v) is 2.33. The van der Waals surface area contributed by atoms with Gasteiger partial charge >= 0.3 is 67.8 Å². The first-order valence-corrected chi connectivity index (χ1v) is 2.75. The Morgan fingerprint density at radius 2 is 2.43 bits per heavy atom. The van der Waals surface area contributed by atoms with Gasteiger partial charge in [0.15, 0.2) is 0 Å². The molecule has 0 saturated heterocycles. The molecule has 0 aromatic rings. The van der Waals surface area contributed by atoms with E-state index in [9.17, 15) is 0 Å². The van der Waals surface area contributed by atoms with Gasteiger partial charge in [-0.25, -0.2) is 0 Å². The monoisotopic (exact) mass is 124 g/mol. The second kappa shape index (κ2) is 3.75. The summed E-state index contributed by atoms with van der Waals surface area (Å²) in [6.07, 6.45) is 7.56. The van der Waals surface area contributed by atoms with Crippen LogP contribution in [0, 0.1) is 0 Å². The molecule has 0 bridgehead atoms. The molecule has 0 aliphatic heterocycles. The molecule has 0 N–H and O–H groups in total. The van der Waals surface area contributed by atoms with Gasteiger partial charge in [-0.15, -0.1) is 0 Å². The molecule has 34 valence electrons. The molecule has 0 fully saturated rings. The second-order valence-electron chi connectivity index (χ2n) is 1.32. The molecule has 0 amide bonds. The first kappa shape index (κ1) is 7.79. The fourth-order valence-corrected chi connectivity index (χ4v) is 0.782. The van der Waals surface area contributed by atoms with Crippen LogP contribution < -0.4 is 18.9 Å². The summed E-state index contributed by atoms with van der Waals surface area (Å²) in [6, 6.07) is 0. The first-order valence-electron chi connectivity index (χ1n) is 1.97. The van der Waals surface area contributed by atoms with E-state index in [2.05, 4.69) is 38.7 Å². The zero-order chi connectivity index (χ0) is 4.41. The van der Waals surface area contributed by atoms with E-state index in [4.69, 9.17) is 0 Å². The maximum atomic E-state index is 2.16. The van der Waals surface area contributed by atoms with Crippen molar-refractivity contribution in [3.63, 3.8) is 0 Å². The summed E-state index contributed by atoms with van der Waals surface area (Å²) in [5, 5.41) is 0. The third-order valence-electron chi connectivity index (χ3n) is 0.771. The Hall–Kier alpha value is 0.792. The summed E-state index contributed by atoms with van der Waals surface area (Å²) in [5.41, 5.74) is 0. The number of allylic oxidation sites excluding steroid dienone is 4. The zero-order valence-electron chi connectivity index (χ0n) is 8.44. The Labute approximate surface area is 73.6 Å².